The van der Waals surface area contributed by atoms with Crippen molar-refractivity contribution >= 4 is 17.7 Å². The van der Waals surface area contributed by atoms with E-state index in [1.54, 1.807) is 26.0 Å². The highest BCUT2D eigenvalue weighted by molar-refractivity contribution is 7.99. The minimum atomic E-state index is 0.228. The normalized spacial score (nSPS) is 15.8. The van der Waals surface area contributed by atoms with Crippen LogP contribution in [0.5, 0.6) is 5.75 Å². The molecule has 0 aliphatic carbocycles. The second-order valence-corrected chi connectivity index (χ2v) is 7.66. The van der Waals surface area contributed by atoms with Crippen molar-refractivity contribution in [2.45, 2.75) is 19.4 Å². The van der Waals surface area contributed by atoms with Crippen molar-refractivity contribution in [2.24, 2.45) is 5.92 Å². The van der Waals surface area contributed by atoms with Crippen molar-refractivity contribution in [3.8, 4) is 5.75 Å². The van der Waals surface area contributed by atoms with Gasteiger partial charge < -0.3 is 14.4 Å². The van der Waals surface area contributed by atoms with Gasteiger partial charge in [0.1, 0.15) is 5.75 Å². The Balaban J connectivity index is 1.83. The van der Waals surface area contributed by atoms with E-state index in [9.17, 15) is 4.79 Å². The molecular formula is C20H32N2O3S. The van der Waals surface area contributed by atoms with Gasteiger partial charge in [-0.3, -0.25) is 9.69 Å². The number of benzene rings is 1. The van der Waals surface area contributed by atoms with Crippen LogP contribution in [-0.2, 0) is 16.1 Å². The van der Waals surface area contributed by atoms with E-state index in [-0.39, 0.29) is 5.91 Å². The number of carbonyl (C=O) groups is 1. The molecule has 5 nitrogen and oxygen atoms in total. The van der Waals surface area contributed by atoms with E-state index in [0.29, 0.717) is 24.8 Å². The summed E-state index contributed by atoms with van der Waals surface area (Å²) in [6.07, 6.45) is 4.24. The fourth-order valence-electron chi connectivity index (χ4n) is 3.45. The van der Waals surface area contributed by atoms with Crippen molar-refractivity contribution in [3.05, 3.63) is 29.8 Å². The van der Waals surface area contributed by atoms with Crippen molar-refractivity contribution < 1.29 is 14.3 Å². The summed E-state index contributed by atoms with van der Waals surface area (Å²) in [5, 5.41) is 0. The Morgan fingerprint density at radius 1 is 1.27 bits per heavy atom. The van der Waals surface area contributed by atoms with Crippen molar-refractivity contribution in [3.63, 3.8) is 0 Å². The zero-order valence-corrected chi connectivity index (χ0v) is 17.1. The Bertz CT molecular complexity index is 548. The van der Waals surface area contributed by atoms with E-state index < -0.39 is 0 Å². The molecule has 1 fully saturated rings. The summed E-state index contributed by atoms with van der Waals surface area (Å²) in [7, 11) is 3.42. The summed E-state index contributed by atoms with van der Waals surface area (Å²) in [5.74, 6) is 2.32. The second-order valence-electron chi connectivity index (χ2n) is 6.80. The first-order valence-corrected chi connectivity index (χ1v) is 10.7. The predicted octanol–water partition coefficient (Wildman–Crippen LogP) is 2.75. The number of para-hydroxylation sites is 1. The monoisotopic (exact) mass is 380 g/mol. The van der Waals surface area contributed by atoms with Crippen molar-refractivity contribution in [2.75, 3.05) is 59.0 Å². The lowest BCUT2D eigenvalue weighted by Gasteiger charge is -2.35. The fraction of sp³-hybridized carbons (Fsp3) is 0.650. The van der Waals surface area contributed by atoms with Gasteiger partial charge >= 0.3 is 0 Å². The summed E-state index contributed by atoms with van der Waals surface area (Å²) in [6.45, 7) is 5.21. The van der Waals surface area contributed by atoms with Gasteiger partial charge in [0, 0.05) is 32.3 Å². The highest BCUT2D eigenvalue weighted by Gasteiger charge is 2.24. The Morgan fingerprint density at radius 2 is 2.00 bits per heavy atom. The first-order chi connectivity index (χ1) is 12.7. The van der Waals surface area contributed by atoms with Crippen LogP contribution in [0, 0.1) is 5.92 Å². The molecule has 1 saturated heterocycles. The molecule has 1 heterocycles. The van der Waals surface area contributed by atoms with Crippen molar-refractivity contribution in [1.29, 1.82) is 0 Å². The first-order valence-electron chi connectivity index (χ1n) is 9.27. The summed E-state index contributed by atoms with van der Waals surface area (Å²) in [6, 6.07) is 8.23. The number of hydrogen-bond donors (Lipinski definition) is 0. The molecule has 0 radical (unpaired) electrons. The molecule has 1 aromatic carbocycles. The highest BCUT2D eigenvalue weighted by Crippen LogP contribution is 2.24. The number of ether oxygens (including phenoxy) is 2. The number of likely N-dealkylation sites (tertiary alicyclic amines) is 1. The number of carbonyl (C=O) groups excluding carboxylic acids is 1. The van der Waals surface area contributed by atoms with Gasteiger partial charge in [-0.25, -0.2) is 0 Å². The maximum atomic E-state index is 12.3. The zero-order chi connectivity index (χ0) is 18.8. The third-order valence-electron chi connectivity index (χ3n) is 4.96. The molecule has 0 aromatic heterocycles. The molecular weight excluding hydrogens is 348 g/mol. The van der Waals surface area contributed by atoms with Gasteiger partial charge in [0.25, 0.3) is 0 Å². The van der Waals surface area contributed by atoms with E-state index in [1.807, 2.05) is 23.3 Å². The highest BCUT2D eigenvalue weighted by atomic mass is 32.2. The van der Waals surface area contributed by atoms with Gasteiger partial charge in [-0.2, -0.15) is 11.8 Å². The average molecular weight is 381 g/mol. The number of hydrogen-bond acceptors (Lipinski definition) is 5. The van der Waals surface area contributed by atoms with Crippen LogP contribution in [0.4, 0.5) is 0 Å². The second kappa shape index (κ2) is 11.5. The van der Waals surface area contributed by atoms with Gasteiger partial charge in [-0.15, -0.1) is 0 Å². The van der Waals surface area contributed by atoms with E-state index in [1.165, 1.54) is 5.56 Å². The Morgan fingerprint density at radius 3 is 2.65 bits per heavy atom. The van der Waals surface area contributed by atoms with E-state index in [2.05, 4.69) is 17.0 Å². The molecule has 0 spiro atoms. The van der Waals surface area contributed by atoms with E-state index >= 15 is 0 Å². The van der Waals surface area contributed by atoms with E-state index in [4.69, 9.17) is 9.47 Å². The predicted molar refractivity (Wildman–Crippen MR) is 108 cm³/mol. The Kier molecular flexibility index (Phi) is 9.29. The lowest BCUT2D eigenvalue weighted by atomic mass is 9.95. The smallest absolute Gasteiger partial charge is 0.232 e. The molecule has 146 valence electrons. The van der Waals surface area contributed by atoms with Crippen LogP contribution < -0.4 is 4.74 Å². The number of amides is 1. The van der Waals surface area contributed by atoms with Crippen molar-refractivity contribution in [1.82, 2.24) is 9.80 Å². The SMILES string of the molecule is COCCN(CC1CCN(Cc2ccccc2OC)CC1)C(=O)CSC. The van der Waals surface area contributed by atoms with Crippen LogP contribution in [0.1, 0.15) is 18.4 Å². The summed E-state index contributed by atoms with van der Waals surface area (Å²) >= 11 is 1.59. The van der Waals surface area contributed by atoms with Gasteiger partial charge in [0.15, 0.2) is 0 Å². The quantitative estimate of drug-likeness (QED) is 0.624. The average Bonchev–Trinajstić information content (AvgIpc) is 2.67. The minimum Gasteiger partial charge on any atom is -0.496 e. The van der Waals surface area contributed by atoms with Gasteiger partial charge in [0.2, 0.25) is 5.91 Å². The van der Waals surface area contributed by atoms with Crippen LogP contribution in [0.15, 0.2) is 24.3 Å². The molecule has 1 aliphatic rings. The molecule has 0 unspecified atom stereocenters. The lowest BCUT2D eigenvalue weighted by Crippen LogP contribution is -2.42. The minimum absolute atomic E-state index is 0.228. The third kappa shape index (κ3) is 6.49. The molecule has 1 aliphatic heterocycles. The largest absolute Gasteiger partial charge is 0.496 e. The lowest BCUT2D eigenvalue weighted by molar-refractivity contribution is -0.129. The molecule has 26 heavy (non-hydrogen) atoms. The Labute approximate surface area is 162 Å². The topological polar surface area (TPSA) is 42.0 Å². The van der Waals surface area contributed by atoms with E-state index in [0.717, 1.165) is 44.8 Å². The Hall–Kier alpha value is -1.24. The third-order valence-corrected chi connectivity index (χ3v) is 5.49. The first kappa shape index (κ1) is 21.1. The van der Waals surface area contributed by atoms with Gasteiger partial charge in [0.05, 0.1) is 19.5 Å². The molecule has 0 saturated carbocycles. The number of thioether (sulfide) groups is 1. The number of nitrogens with zero attached hydrogens (tertiary/aromatic N) is 2. The van der Waals surface area contributed by atoms with Crippen LogP contribution in [0.2, 0.25) is 0 Å². The molecule has 1 amide bonds. The van der Waals surface area contributed by atoms with Crippen LogP contribution in [0.25, 0.3) is 0 Å². The standard InChI is InChI=1S/C20H32N2O3S/c1-24-13-12-22(20(23)16-26-3)14-17-8-10-21(11-9-17)15-18-6-4-5-7-19(18)25-2/h4-7,17H,8-16H2,1-3H3. The molecule has 0 bridgehead atoms. The summed E-state index contributed by atoms with van der Waals surface area (Å²) < 4.78 is 10.6. The summed E-state index contributed by atoms with van der Waals surface area (Å²) in [4.78, 5) is 16.8. The molecule has 0 N–H and O–H groups in total. The number of methoxy groups -OCH3 is 2. The number of rotatable bonds is 10. The zero-order valence-electron chi connectivity index (χ0n) is 16.3. The molecule has 2 rings (SSSR count). The fourth-order valence-corrected chi connectivity index (χ4v) is 3.88. The van der Waals surface area contributed by atoms with Gasteiger partial charge in [-0.1, -0.05) is 18.2 Å². The summed E-state index contributed by atoms with van der Waals surface area (Å²) in [5.41, 5.74) is 1.24. The molecule has 6 heteroatoms. The maximum Gasteiger partial charge on any atom is 0.232 e. The van der Waals surface area contributed by atoms with Crippen LogP contribution in [0.3, 0.4) is 0 Å². The maximum absolute atomic E-state index is 12.3. The van der Waals surface area contributed by atoms with Gasteiger partial charge in [-0.05, 0) is 44.2 Å². The van der Waals surface area contributed by atoms with Crippen LogP contribution in [-0.4, -0.2) is 74.7 Å². The molecule has 1 aromatic rings. The number of piperidine rings is 1. The molecule has 0 atom stereocenters. The van der Waals surface area contributed by atoms with Crippen LogP contribution >= 0.6 is 11.8 Å².